The van der Waals surface area contributed by atoms with Crippen LogP contribution in [0.4, 0.5) is 0 Å². The first kappa shape index (κ1) is 18.2. The van der Waals surface area contributed by atoms with Gasteiger partial charge in [-0.3, -0.25) is 9.78 Å². The van der Waals surface area contributed by atoms with Crippen LogP contribution in [0.1, 0.15) is 29.4 Å². The lowest BCUT2D eigenvalue weighted by atomic mass is 10.1. The molecule has 19 heavy (non-hydrogen) atoms. The Kier molecular flexibility index (Phi) is 7.34. The van der Waals surface area contributed by atoms with E-state index in [1.807, 2.05) is 24.0 Å². The Labute approximate surface area is 126 Å². The highest BCUT2D eigenvalue weighted by molar-refractivity contribution is 5.94. The summed E-state index contributed by atoms with van der Waals surface area (Å²) in [7, 11) is 0. The number of carbonyl (C=O) groups is 1. The van der Waals surface area contributed by atoms with Crippen LogP contribution in [0.25, 0.3) is 0 Å². The third-order valence-corrected chi connectivity index (χ3v) is 3.41. The van der Waals surface area contributed by atoms with Crippen LogP contribution in [0, 0.1) is 12.8 Å². The van der Waals surface area contributed by atoms with Gasteiger partial charge in [0.25, 0.3) is 5.91 Å². The molecule has 1 aromatic rings. The van der Waals surface area contributed by atoms with Crippen molar-refractivity contribution in [1.82, 2.24) is 9.88 Å². The molecule has 108 valence electrons. The number of hydrogen-bond donors (Lipinski definition) is 1. The highest BCUT2D eigenvalue weighted by atomic mass is 35.5. The van der Waals surface area contributed by atoms with Gasteiger partial charge in [-0.1, -0.05) is 0 Å². The monoisotopic (exact) mass is 305 g/mol. The number of nitrogens with two attached hydrogens (primary N) is 1. The van der Waals surface area contributed by atoms with Crippen molar-refractivity contribution in [2.45, 2.75) is 26.3 Å². The largest absolute Gasteiger partial charge is 0.336 e. The van der Waals surface area contributed by atoms with Crippen molar-refractivity contribution < 1.29 is 4.79 Å². The zero-order valence-corrected chi connectivity index (χ0v) is 12.8. The van der Waals surface area contributed by atoms with E-state index in [2.05, 4.69) is 11.9 Å². The second kappa shape index (κ2) is 7.68. The zero-order chi connectivity index (χ0) is 12.4. The molecule has 0 aliphatic carbocycles. The van der Waals surface area contributed by atoms with Crippen molar-refractivity contribution in [3.8, 4) is 0 Å². The molecule has 1 amide bonds. The number of halogens is 2. The van der Waals surface area contributed by atoms with Crippen molar-refractivity contribution in [2.24, 2.45) is 11.7 Å². The Morgan fingerprint density at radius 2 is 2.16 bits per heavy atom. The van der Waals surface area contributed by atoms with E-state index in [-0.39, 0.29) is 36.8 Å². The average molecular weight is 306 g/mol. The summed E-state index contributed by atoms with van der Waals surface area (Å²) < 4.78 is 0. The molecular formula is C13H21Cl2N3O. The summed E-state index contributed by atoms with van der Waals surface area (Å²) in [5.41, 5.74) is 7.26. The van der Waals surface area contributed by atoms with Gasteiger partial charge >= 0.3 is 0 Å². The molecule has 1 fully saturated rings. The molecule has 1 saturated heterocycles. The molecule has 2 atom stereocenters. The summed E-state index contributed by atoms with van der Waals surface area (Å²) in [6.07, 6.45) is 2.65. The fourth-order valence-corrected chi connectivity index (χ4v) is 2.36. The van der Waals surface area contributed by atoms with E-state index in [0.717, 1.165) is 18.7 Å². The summed E-state index contributed by atoms with van der Waals surface area (Å²) in [5.74, 6) is 0.508. The number of aromatic nitrogens is 1. The van der Waals surface area contributed by atoms with Crippen LogP contribution in [0.2, 0.25) is 0 Å². The molecule has 0 saturated carbocycles. The Hall–Kier alpha value is -0.840. The maximum atomic E-state index is 12.3. The second-order valence-corrected chi connectivity index (χ2v) is 4.83. The lowest BCUT2D eigenvalue weighted by Crippen LogP contribution is -2.34. The van der Waals surface area contributed by atoms with E-state index in [9.17, 15) is 4.79 Å². The molecule has 2 unspecified atom stereocenters. The second-order valence-electron chi connectivity index (χ2n) is 4.83. The number of nitrogens with zero attached hydrogens (tertiary/aromatic N) is 2. The number of aryl methyl sites for hydroxylation is 1. The van der Waals surface area contributed by atoms with Gasteiger partial charge in [0.15, 0.2) is 0 Å². The van der Waals surface area contributed by atoms with E-state index < -0.39 is 0 Å². The number of pyridine rings is 1. The Balaban J connectivity index is 0.00000162. The molecule has 1 aliphatic rings. The average Bonchev–Trinajstić information content (AvgIpc) is 2.71. The lowest BCUT2D eigenvalue weighted by molar-refractivity contribution is 0.0743. The highest BCUT2D eigenvalue weighted by Crippen LogP contribution is 2.23. The van der Waals surface area contributed by atoms with E-state index in [4.69, 9.17) is 5.73 Å². The van der Waals surface area contributed by atoms with E-state index in [1.54, 1.807) is 6.20 Å². The summed E-state index contributed by atoms with van der Waals surface area (Å²) in [6.45, 7) is 5.41. The molecular weight excluding hydrogens is 285 g/mol. The molecule has 2 rings (SSSR count). The van der Waals surface area contributed by atoms with Crippen molar-refractivity contribution in [3.05, 3.63) is 29.6 Å². The van der Waals surface area contributed by atoms with Crippen LogP contribution in [0.3, 0.4) is 0 Å². The molecule has 2 heterocycles. The summed E-state index contributed by atoms with van der Waals surface area (Å²) in [6, 6.07) is 3.99. The summed E-state index contributed by atoms with van der Waals surface area (Å²) >= 11 is 0. The van der Waals surface area contributed by atoms with Crippen LogP contribution in [0.5, 0.6) is 0 Å². The van der Waals surface area contributed by atoms with Crippen molar-refractivity contribution in [3.63, 3.8) is 0 Å². The molecule has 6 heteroatoms. The fourth-order valence-electron chi connectivity index (χ4n) is 2.36. The molecule has 1 aromatic heterocycles. The quantitative estimate of drug-likeness (QED) is 0.909. The molecule has 2 N–H and O–H groups in total. The SMILES string of the molecule is Cc1ccc(C(=O)N2CC(CN)CC2C)cn1.Cl.Cl. The fraction of sp³-hybridized carbons (Fsp3) is 0.538. The van der Waals surface area contributed by atoms with Gasteiger partial charge in [0.1, 0.15) is 0 Å². The van der Waals surface area contributed by atoms with Crippen molar-refractivity contribution in [1.29, 1.82) is 0 Å². The van der Waals surface area contributed by atoms with E-state index in [1.165, 1.54) is 0 Å². The third kappa shape index (κ3) is 4.06. The molecule has 1 aliphatic heterocycles. The van der Waals surface area contributed by atoms with Crippen LogP contribution >= 0.6 is 24.8 Å². The van der Waals surface area contributed by atoms with Gasteiger partial charge in [-0.2, -0.15) is 0 Å². The smallest absolute Gasteiger partial charge is 0.255 e. The zero-order valence-electron chi connectivity index (χ0n) is 11.2. The minimum Gasteiger partial charge on any atom is -0.336 e. The predicted octanol–water partition coefficient (Wildman–Crippen LogP) is 2.04. The maximum Gasteiger partial charge on any atom is 0.255 e. The summed E-state index contributed by atoms with van der Waals surface area (Å²) in [4.78, 5) is 18.3. The van der Waals surface area contributed by atoms with Gasteiger partial charge < -0.3 is 10.6 Å². The van der Waals surface area contributed by atoms with Gasteiger partial charge in [-0.05, 0) is 44.9 Å². The molecule has 0 aromatic carbocycles. The number of hydrogen-bond acceptors (Lipinski definition) is 3. The van der Waals surface area contributed by atoms with Gasteiger partial charge in [-0.15, -0.1) is 24.8 Å². The minimum atomic E-state index is 0. The maximum absolute atomic E-state index is 12.3. The van der Waals surface area contributed by atoms with Gasteiger partial charge in [0.2, 0.25) is 0 Å². The Morgan fingerprint density at radius 3 is 2.63 bits per heavy atom. The molecule has 0 radical (unpaired) electrons. The van der Waals surface area contributed by atoms with E-state index in [0.29, 0.717) is 18.0 Å². The third-order valence-electron chi connectivity index (χ3n) is 3.41. The van der Waals surface area contributed by atoms with Crippen LogP contribution < -0.4 is 5.73 Å². The topological polar surface area (TPSA) is 59.2 Å². The number of likely N-dealkylation sites (tertiary alicyclic amines) is 1. The molecule has 0 spiro atoms. The van der Waals surface area contributed by atoms with Crippen LogP contribution in [-0.4, -0.2) is 34.9 Å². The summed E-state index contributed by atoms with van der Waals surface area (Å²) in [5, 5.41) is 0. The predicted molar refractivity (Wildman–Crippen MR) is 81.1 cm³/mol. The first-order valence-corrected chi connectivity index (χ1v) is 6.05. The number of carbonyl (C=O) groups excluding carboxylic acids is 1. The van der Waals surface area contributed by atoms with Crippen molar-refractivity contribution in [2.75, 3.05) is 13.1 Å². The molecule has 0 bridgehead atoms. The Morgan fingerprint density at radius 1 is 1.47 bits per heavy atom. The van der Waals surface area contributed by atoms with Crippen molar-refractivity contribution >= 4 is 30.7 Å². The highest BCUT2D eigenvalue weighted by Gasteiger charge is 2.32. The lowest BCUT2D eigenvalue weighted by Gasteiger charge is -2.21. The first-order chi connectivity index (χ1) is 8.11. The normalized spacial score (nSPS) is 21.5. The first-order valence-electron chi connectivity index (χ1n) is 6.05. The minimum absolute atomic E-state index is 0. The molecule has 4 nitrogen and oxygen atoms in total. The van der Waals surface area contributed by atoms with Crippen LogP contribution in [0.15, 0.2) is 18.3 Å². The Bertz CT molecular complexity index is 411. The van der Waals surface area contributed by atoms with Gasteiger partial charge in [0.05, 0.1) is 5.56 Å². The number of rotatable bonds is 2. The van der Waals surface area contributed by atoms with Crippen LogP contribution in [-0.2, 0) is 0 Å². The van der Waals surface area contributed by atoms with E-state index >= 15 is 0 Å². The number of amides is 1. The van der Waals surface area contributed by atoms with Gasteiger partial charge in [0, 0.05) is 24.5 Å². The standard InChI is InChI=1S/C13H19N3O.2ClH/c1-9-3-4-12(7-15-9)13(17)16-8-11(6-14)5-10(16)2;;/h3-4,7,10-11H,5-6,8,14H2,1-2H3;2*1H. The van der Waals surface area contributed by atoms with Gasteiger partial charge in [-0.25, -0.2) is 0 Å².